The molecule has 0 unspecified atom stereocenters. The SMILES string of the molecule is CN(Cc1ccc2c(c1)OCCO2)C(=O)Cn1c(=O)oc2ccccc21. The lowest BCUT2D eigenvalue weighted by Gasteiger charge is -2.21. The van der Waals surface area contributed by atoms with E-state index in [0.29, 0.717) is 42.4 Å². The summed E-state index contributed by atoms with van der Waals surface area (Å²) < 4.78 is 17.6. The number of oxazole rings is 1. The lowest BCUT2D eigenvalue weighted by molar-refractivity contribution is -0.131. The van der Waals surface area contributed by atoms with E-state index in [0.717, 1.165) is 5.56 Å². The summed E-state index contributed by atoms with van der Waals surface area (Å²) in [5.41, 5.74) is 2.01. The molecule has 0 fully saturated rings. The zero-order valence-electron chi connectivity index (χ0n) is 14.3. The van der Waals surface area contributed by atoms with Crippen LogP contribution in [0.5, 0.6) is 11.5 Å². The Morgan fingerprint density at radius 2 is 1.88 bits per heavy atom. The number of hydrogen-bond donors (Lipinski definition) is 0. The molecule has 3 aromatic rings. The molecule has 1 aliphatic rings. The van der Waals surface area contributed by atoms with Crippen LogP contribution in [0.1, 0.15) is 5.56 Å². The quantitative estimate of drug-likeness (QED) is 0.717. The number of para-hydroxylation sites is 2. The van der Waals surface area contributed by atoms with Gasteiger partial charge in [0.15, 0.2) is 17.1 Å². The van der Waals surface area contributed by atoms with Gasteiger partial charge in [-0.2, -0.15) is 0 Å². The Bertz CT molecular complexity index is 1020. The van der Waals surface area contributed by atoms with Gasteiger partial charge in [-0.15, -0.1) is 0 Å². The van der Waals surface area contributed by atoms with E-state index in [1.165, 1.54) is 4.57 Å². The maximum atomic E-state index is 12.6. The summed E-state index contributed by atoms with van der Waals surface area (Å²) in [4.78, 5) is 26.1. The fraction of sp³-hybridized carbons (Fsp3) is 0.263. The highest BCUT2D eigenvalue weighted by molar-refractivity contribution is 5.79. The molecule has 134 valence electrons. The number of hydrogen-bond acceptors (Lipinski definition) is 5. The minimum atomic E-state index is -0.535. The Balaban J connectivity index is 1.49. The maximum Gasteiger partial charge on any atom is 0.420 e. The largest absolute Gasteiger partial charge is 0.486 e. The van der Waals surface area contributed by atoms with E-state index in [2.05, 4.69) is 0 Å². The van der Waals surface area contributed by atoms with Gasteiger partial charge < -0.3 is 18.8 Å². The molecule has 0 atom stereocenters. The molecule has 7 nitrogen and oxygen atoms in total. The molecule has 26 heavy (non-hydrogen) atoms. The number of rotatable bonds is 4. The van der Waals surface area contributed by atoms with Crippen molar-refractivity contribution in [1.29, 1.82) is 0 Å². The first-order valence-corrected chi connectivity index (χ1v) is 8.33. The minimum Gasteiger partial charge on any atom is -0.486 e. The summed E-state index contributed by atoms with van der Waals surface area (Å²) in [6, 6.07) is 12.7. The molecule has 0 radical (unpaired) electrons. The Hall–Kier alpha value is -3.22. The average Bonchev–Trinajstić information content (AvgIpc) is 2.97. The second kappa shape index (κ2) is 6.59. The van der Waals surface area contributed by atoms with Crippen LogP contribution in [0, 0.1) is 0 Å². The summed E-state index contributed by atoms with van der Waals surface area (Å²) >= 11 is 0. The van der Waals surface area contributed by atoms with Crippen LogP contribution in [0.25, 0.3) is 11.1 Å². The van der Waals surface area contributed by atoms with Gasteiger partial charge in [0.25, 0.3) is 0 Å². The predicted octanol–water partition coefficient (Wildman–Crippen LogP) is 2.02. The van der Waals surface area contributed by atoms with E-state index in [1.807, 2.05) is 18.2 Å². The van der Waals surface area contributed by atoms with E-state index in [-0.39, 0.29) is 12.5 Å². The van der Waals surface area contributed by atoms with E-state index < -0.39 is 5.76 Å². The standard InChI is InChI=1S/C19H18N2O5/c1-20(11-13-6-7-16-17(10-13)25-9-8-24-16)18(22)12-21-14-4-2-3-5-15(14)26-19(21)23/h2-7,10H,8-9,11-12H2,1H3. The van der Waals surface area contributed by atoms with Crippen LogP contribution in [0.2, 0.25) is 0 Å². The van der Waals surface area contributed by atoms with Crippen molar-refractivity contribution in [3.8, 4) is 11.5 Å². The smallest absolute Gasteiger partial charge is 0.420 e. The molecular weight excluding hydrogens is 336 g/mol. The van der Waals surface area contributed by atoms with Gasteiger partial charge in [0.2, 0.25) is 5.91 Å². The monoisotopic (exact) mass is 354 g/mol. The average molecular weight is 354 g/mol. The van der Waals surface area contributed by atoms with Gasteiger partial charge in [-0.25, -0.2) is 4.79 Å². The van der Waals surface area contributed by atoms with E-state index in [9.17, 15) is 9.59 Å². The second-order valence-corrected chi connectivity index (χ2v) is 6.15. The van der Waals surface area contributed by atoms with E-state index >= 15 is 0 Å². The summed E-state index contributed by atoms with van der Waals surface area (Å²) in [7, 11) is 1.70. The second-order valence-electron chi connectivity index (χ2n) is 6.15. The van der Waals surface area contributed by atoms with Crippen LogP contribution in [0.4, 0.5) is 0 Å². The lowest BCUT2D eigenvalue weighted by Crippen LogP contribution is -2.32. The number of nitrogens with zero attached hydrogens (tertiary/aromatic N) is 2. The third-order valence-electron chi connectivity index (χ3n) is 4.32. The molecule has 0 saturated heterocycles. The highest BCUT2D eigenvalue weighted by Crippen LogP contribution is 2.31. The molecule has 0 spiro atoms. The number of likely N-dealkylation sites (N-methyl/N-ethyl adjacent to an activating group) is 1. The van der Waals surface area contributed by atoms with Crippen LogP contribution in [-0.4, -0.2) is 35.6 Å². The van der Waals surface area contributed by atoms with Gasteiger partial charge in [-0.1, -0.05) is 18.2 Å². The number of fused-ring (bicyclic) bond motifs is 2. The van der Waals surface area contributed by atoms with Crippen LogP contribution in [0.15, 0.2) is 51.7 Å². The molecule has 1 aromatic heterocycles. The molecule has 0 bridgehead atoms. The molecule has 0 aliphatic carbocycles. The zero-order chi connectivity index (χ0) is 18.1. The molecular formula is C19H18N2O5. The summed E-state index contributed by atoms with van der Waals surface area (Å²) in [6.45, 7) is 1.39. The van der Waals surface area contributed by atoms with Crippen LogP contribution >= 0.6 is 0 Å². The van der Waals surface area contributed by atoms with Crippen LogP contribution in [-0.2, 0) is 17.9 Å². The Kier molecular flexibility index (Phi) is 4.12. The first-order valence-electron chi connectivity index (χ1n) is 8.33. The van der Waals surface area contributed by atoms with Gasteiger partial charge in [0.1, 0.15) is 19.8 Å². The molecule has 2 heterocycles. The van der Waals surface area contributed by atoms with Crippen molar-refractivity contribution in [2.75, 3.05) is 20.3 Å². The molecule has 2 aromatic carbocycles. The maximum absolute atomic E-state index is 12.6. The molecule has 0 N–H and O–H groups in total. The van der Waals surface area contributed by atoms with Gasteiger partial charge in [-0.05, 0) is 29.8 Å². The van der Waals surface area contributed by atoms with Crippen LogP contribution in [0.3, 0.4) is 0 Å². The number of carbonyl (C=O) groups excluding carboxylic acids is 1. The summed E-state index contributed by atoms with van der Waals surface area (Å²) in [5, 5.41) is 0. The first kappa shape index (κ1) is 16.3. The van der Waals surface area contributed by atoms with E-state index in [1.54, 1.807) is 36.2 Å². The van der Waals surface area contributed by atoms with Crippen molar-refractivity contribution in [2.24, 2.45) is 0 Å². The van der Waals surface area contributed by atoms with Crippen molar-refractivity contribution in [1.82, 2.24) is 9.47 Å². The number of aromatic nitrogens is 1. The predicted molar refractivity (Wildman–Crippen MR) is 94.4 cm³/mol. The van der Waals surface area contributed by atoms with Crippen molar-refractivity contribution in [3.05, 3.63) is 58.6 Å². The number of ether oxygens (including phenoxy) is 2. The van der Waals surface area contributed by atoms with Crippen molar-refractivity contribution < 1.29 is 18.7 Å². The van der Waals surface area contributed by atoms with E-state index in [4.69, 9.17) is 13.9 Å². The highest BCUT2D eigenvalue weighted by atomic mass is 16.6. The van der Waals surface area contributed by atoms with Gasteiger partial charge in [0.05, 0.1) is 5.52 Å². The molecule has 0 saturated carbocycles. The molecule has 1 amide bonds. The van der Waals surface area contributed by atoms with Crippen molar-refractivity contribution in [3.63, 3.8) is 0 Å². The van der Waals surface area contributed by atoms with Crippen molar-refractivity contribution in [2.45, 2.75) is 13.1 Å². The van der Waals surface area contributed by atoms with Gasteiger partial charge in [0, 0.05) is 13.6 Å². The molecule has 7 heteroatoms. The summed E-state index contributed by atoms with van der Waals surface area (Å²) in [6.07, 6.45) is 0. The van der Waals surface area contributed by atoms with Gasteiger partial charge >= 0.3 is 5.76 Å². The van der Waals surface area contributed by atoms with Gasteiger partial charge in [-0.3, -0.25) is 9.36 Å². The Morgan fingerprint density at radius 1 is 1.12 bits per heavy atom. The Morgan fingerprint density at radius 3 is 2.73 bits per heavy atom. The third kappa shape index (κ3) is 3.03. The molecule has 1 aliphatic heterocycles. The fourth-order valence-electron chi connectivity index (χ4n) is 2.97. The zero-order valence-corrected chi connectivity index (χ0v) is 14.3. The molecule has 4 rings (SSSR count). The fourth-order valence-corrected chi connectivity index (χ4v) is 2.97. The first-order chi connectivity index (χ1) is 12.6. The number of amides is 1. The highest BCUT2D eigenvalue weighted by Gasteiger charge is 2.17. The normalized spacial score (nSPS) is 13.0. The summed E-state index contributed by atoms with van der Waals surface area (Å²) in [5.74, 6) is 0.679. The minimum absolute atomic E-state index is 0.0725. The number of benzene rings is 2. The van der Waals surface area contributed by atoms with Crippen molar-refractivity contribution >= 4 is 17.0 Å². The Labute approximate surface area is 149 Å². The third-order valence-corrected chi connectivity index (χ3v) is 4.32. The number of carbonyl (C=O) groups is 1. The topological polar surface area (TPSA) is 73.9 Å². The lowest BCUT2D eigenvalue weighted by atomic mass is 10.2. The van der Waals surface area contributed by atoms with Crippen LogP contribution < -0.4 is 15.2 Å².